The van der Waals surface area contributed by atoms with Gasteiger partial charge in [0, 0.05) is 5.69 Å². The van der Waals surface area contributed by atoms with E-state index in [9.17, 15) is 23.2 Å². The summed E-state index contributed by atoms with van der Waals surface area (Å²) in [4.78, 5) is 37.5. The Morgan fingerprint density at radius 3 is 2.47 bits per heavy atom. The molecule has 0 spiro atoms. The van der Waals surface area contributed by atoms with Crippen molar-refractivity contribution in [2.24, 2.45) is 0 Å². The molecule has 1 atom stereocenters. The van der Waals surface area contributed by atoms with Crippen LogP contribution in [0.1, 0.15) is 69.7 Å². The molecule has 8 nitrogen and oxygen atoms in total. The number of carbonyl (C=O) groups is 3. The first-order valence-electron chi connectivity index (χ1n) is 9.16. The van der Waals surface area contributed by atoms with Crippen LogP contribution in [-0.4, -0.2) is 41.3 Å². The lowest BCUT2D eigenvalue weighted by Gasteiger charge is -2.14. The number of esters is 2. The molecule has 0 bridgehead atoms. The van der Waals surface area contributed by atoms with E-state index in [4.69, 9.17) is 9.47 Å². The molecule has 0 aliphatic rings. The fourth-order valence-electron chi connectivity index (χ4n) is 2.74. The minimum absolute atomic E-state index is 0.0554. The summed E-state index contributed by atoms with van der Waals surface area (Å²) in [6.45, 7) is 6.60. The molecule has 0 aliphatic carbocycles. The number of carbonyl (C=O) groups excluding carboxylic acids is 3. The summed E-state index contributed by atoms with van der Waals surface area (Å²) in [7, 11) is 1.21. The Morgan fingerprint density at radius 2 is 1.93 bits per heavy atom. The Kier molecular flexibility index (Phi) is 7.65. The minimum atomic E-state index is -2.76. The first kappa shape index (κ1) is 23.5. The molecule has 0 radical (unpaired) electrons. The monoisotopic (exact) mass is 443 g/mol. The van der Waals surface area contributed by atoms with E-state index < -0.39 is 36.0 Å². The third kappa shape index (κ3) is 4.84. The minimum Gasteiger partial charge on any atom is -0.465 e. The van der Waals surface area contributed by atoms with E-state index in [1.54, 1.807) is 13.8 Å². The Hall–Kier alpha value is -2.82. The fraction of sp³-hybridized carbons (Fsp3) is 0.474. The quantitative estimate of drug-likeness (QED) is 0.618. The molecule has 1 amide bonds. The average Bonchev–Trinajstić information content (AvgIpc) is 3.25. The third-order valence-corrected chi connectivity index (χ3v) is 5.49. The maximum atomic E-state index is 12.9. The Balaban J connectivity index is 2.37. The average molecular weight is 443 g/mol. The molecule has 2 aromatic rings. The molecule has 164 valence electrons. The second-order valence-electron chi connectivity index (χ2n) is 6.51. The predicted molar refractivity (Wildman–Crippen MR) is 106 cm³/mol. The van der Waals surface area contributed by atoms with Crippen molar-refractivity contribution in [2.45, 2.75) is 46.6 Å². The van der Waals surface area contributed by atoms with Crippen LogP contribution in [0, 0.1) is 13.8 Å². The smallest absolute Gasteiger partial charge is 0.348 e. The number of amides is 1. The van der Waals surface area contributed by atoms with Crippen molar-refractivity contribution in [3.8, 4) is 0 Å². The van der Waals surface area contributed by atoms with Crippen LogP contribution in [0.3, 0.4) is 0 Å². The maximum Gasteiger partial charge on any atom is 0.348 e. The molecule has 30 heavy (non-hydrogen) atoms. The van der Waals surface area contributed by atoms with Crippen LogP contribution in [0.5, 0.6) is 0 Å². The molecule has 0 aliphatic heterocycles. The van der Waals surface area contributed by atoms with Crippen molar-refractivity contribution in [1.82, 2.24) is 9.78 Å². The Morgan fingerprint density at radius 1 is 1.27 bits per heavy atom. The van der Waals surface area contributed by atoms with Gasteiger partial charge in [0.25, 0.3) is 6.43 Å². The van der Waals surface area contributed by atoms with Crippen molar-refractivity contribution in [2.75, 3.05) is 19.0 Å². The standard InChI is InChI=1S/C19H23F2N3O5S/c1-6-7-29-18(26)13-10(3)14(19(27)28-5)30-17(13)22-16(25)11(4)24-9(2)8-12(23-24)15(20)21/h8,11,15H,6-7H2,1-5H3,(H,22,25). The highest BCUT2D eigenvalue weighted by atomic mass is 32.1. The van der Waals surface area contributed by atoms with Crippen molar-refractivity contribution in [3.63, 3.8) is 0 Å². The van der Waals surface area contributed by atoms with E-state index in [0.29, 0.717) is 17.7 Å². The summed E-state index contributed by atoms with van der Waals surface area (Å²) in [6.07, 6.45) is -2.16. The number of anilines is 1. The number of alkyl halides is 2. The molecule has 0 saturated heterocycles. The SMILES string of the molecule is CCCOC(=O)c1c(NC(=O)C(C)n2nc(C(F)F)cc2C)sc(C(=O)OC)c1C. The highest BCUT2D eigenvalue weighted by molar-refractivity contribution is 7.18. The number of aromatic nitrogens is 2. The number of aryl methyl sites for hydroxylation is 1. The number of rotatable bonds is 8. The maximum absolute atomic E-state index is 12.9. The zero-order chi connectivity index (χ0) is 22.6. The molecular weight excluding hydrogens is 420 g/mol. The van der Waals surface area contributed by atoms with E-state index in [1.165, 1.54) is 24.8 Å². The van der Waals surface area contributed by atoms with Gasteiger partial charge < -0.3 is 14.8 Å². The van der Waals surface area contributed by atoms with E-state index in [0.717, 1.165) is 11.3 Å². The number of thiophene rings is 1. The van der Waals surface area contributed by atoms with Crippen LogP contribution in [0.4, 0.5) is 13.8 Å². The largest absolute Gasteiger partial charge is 0.465 e. The molecule has 2 aromatic heterocycles. The molecule has 1 unspecified atom stereocenters. The van der Waals surface area contributed by atoms with Crippen molar-refractivity contribution >= 4 is 34.2 Å². The lowest BCUT2D eigenvalue weighted by Crippen LogP contribution is -2.25. The number of methoxy groups -OCH3 is 1. The zero-order valence-electron chi connectivity index (χ0n) is 17.2. The highest BCUT2D eigenvalue weighted by Gasteiger charge is 2.29. The van der Waals surface area contributed by atoms with Crippen molar-refractivity contribution < 1.29 is 32.6 Å². The molecule has 0 saturated carbocycles. The van der Waals surface area contributed by atoms with E-state index >= 15 is 0 Å². The molecule has 2 heterocycles. The van der Waals surface area contributed by atoms with Crippen LogP contribution in [0.2, 0.25) is 0 Å². The lowest BCUT2D eigenvalue weighted by atomic mass is 10.1. The van der Waals surface area contributed by atoms with E-state index in [1.807, 2.05) is 6.92 Å². The lowest BCUT2D eigenvalue weighted by molar-refractivity contribution is -0.119. The van der Waals surface area contributed by atoms with Crippen LogP contribution in [-0.2, 0) is 14.3 Å². The zero-order valence-corrected chi connectivity index (χ0v) is 18.1. The van der Waals surface area contributed by atoms with Gasteiger partial charge in [-0.2, -0.15) is 5.10 Å². The molecule has 2 rings (SSSR count). The molecule has 0 fully saturated rings. The number of nitrogens with one attached hydrogen (secondary N) is 1. The highest BCUT2D eigenvalue weighted by Crippen LogP contribution is 2.35. The number of ether oxygens (including phenoxy) is 2. The summed E-state index contributed by atoms with van der Waals surface area (Å²) >= 11 is 0.879. The Bertz CT molecular complexity index is 954. The Labute approximate surface area is 176 Å². The molecule has 0 aromatic carbocycles. The summed E-state index contributed by atoms with van der Waals surface area (Å²) in [5.74, 6) is -1.93. The number of nitrogens with zero attached hydrogens (tertiary/aromatic N) is 2. The van der Waals surface area contributed by atoms with Gasteiger partial charge in [-0.05, 0) is 38.8 Å². The van der Waals surface area contributed by atoms with Crippen molar-refractivity contribution in [3.05, 3.63) is 33.5 Å². The topological polar surface area (TPSA) is 99.5 Å². The summed E-state index contributed by atoms with van der Waals surface area (Å²) in [5.41, 5.74) is 0.329. The number of hydrogen-bond acceptors (Lipinski definition) is 7. The van der Waals surface area contributed by atoms with Crippen LogP contribution >= 0.6 is 11.3 Å². The summed E-state index contributed by atoms with van der Waals surface area (Å²) in [6, 6.07) is 0.258. The van der Waals surface area contributed by atoms with E-state index in [-0.39, 0.29) is 22.0 Å². The van der Waals surface area contributed by atoms with Crippen molar-refractivity contribution in [1.29, 1.82) is 0 Å². The first-order valence-corrected chi connectivity index (χ1v) is 9.97. The fourth-order valence-corrected chi connectivity index (χ4v) is 3.86. The van der Waals surface area contributed by atoms with Gasteiger partial charge in [-0.25, -0.2) is 18.4 Å². The van der Waals surface area contributed by atoms with Gasteiger partial charge in [0.1, 0.15) is 21.6 Å². The molecule has 11 heteroatoms. The summed E-state index contributed by atoms with van der Waals surface area (Å²) < 4.78 is 36.9. The number of hydrogen-bond donors (Lipinski definition) is 1. The third-order valence-electron chi connectivity index (χ3n) is 4.31. The van der Waals surface area contributed by atoms with Gasteiger partial charge in [-0.15, -0.1) is 11.3 Å². The van der Waals surface area contributed by atoms with Gasteiger partial charge in [0.2, 0.25) is 5.91 Å². The second-order valence-corrected chi connectivity index (χ2v) is 7.53. The van der Waals surface area contributed by atoms with Gasteiger partial charge in [0.05, 0.1) is 19.3 Å². The van der Waals surface area contributed by atoms with Gasteiger partial charge in [-0.1, -0.05) is 6.92 Å². The van der Waals surface area contributed by atoms with Gasteiger partial charge in [-0.3, -0.25) is 9.48 Å². The van der Waals surface area contributed by atoms with E-state index in [2.05, 4.69) is 10.4 Å². The van der Waals surface area contributed by atoms with Gasteiger partial charge in [0.15, 0.2) is 0 Å². The predicted octanol–water partition coefficient (Wildman–Crippen LogP) is 4.05. The normalized spacial score (nSPS) is 12.0. The second kappa shape index (κ2) is 9.79. The van der Waals surface area contributed by atoms with Gasteiger partial charge >= 0.3 is 11.9 Å². The van der Waals surface area contributed by atoms with Crippen LogP contribution in [0.25, 0.3) is 0 Å². The number of halogens is 2. The molecular formula is C19H23F2N3O5S. The van der Waals surface area contributed by atoms with Crippen LogP contribution < -0.4 is 5.32 Å². The summed E-state index contributed by atoms with van der Waals surface area (Å²) in [5, 5.41) is 6.49. The molecule has 1 N–H and O–H groups in total. The first-order chi connectivity index (χ1) is 14.1. The van der Waals surface area contributed by atoms with Crippen LogP contribution in [0.15, 0.2) is 6.07 Å².